The van der Waals surface area contributed by atoms with Crippen LogP contribution < -0.4 is 15.2 Å². The molecule has 0 aliphatic carbocycles. The maximum atomic E-state index is 5.95. The minimum atomic E-state index is 0.239. The highest BCUT2D eigenvalue weighted by molar-refractivity contribution is 7.80. The summed E-state index contributed by atoms with van der Waals surface area (Å²) in [5, 5.41) is 0.864. The second-order valence-corrected chi connectivity index (χ2v) is 5.16. The number of nitrogens with two attached hydrogens (primary N) is 1. The Balaban J connectivity index is 2.40. The van der Waals surface area contributed by atoms with Gasteiger partial charge >= 0.3 is 0 Å². The second-order valence-electron chi connectivity index (χ2n) is 3.90. The van der Waals surface area contributed by atoms with Crippen LogP contribution in [-0.2, 0) is 0 Å². The lowest BCUT2D eigenvalue weighted by molar-refractivity contribution is 0.409. The lowest BCUT2D eigenvalue weighted by Crippen LogP contribution is -2.10. The Morgan fingerprint density at radius 1 is 1.05 bits per heavy atom. The Labute approximate surface area is 132 Å². The molecule has 0 bridgehead atoms. The molecule has 2 aromatic carbocycles. The van der Waals surface area contributed by atoms with E-state index in [1.54, 1.807) is 43.5 Å². The molecule has 0 unspecified atom stereocenters. The summed E-state index contributed by atoms with van der Waals surface area (Å²) in [6, 6.07) is 10.2. The van der Waals surface area contributed by atoms with Crippen LogP contribution in [-0.4, -0.2) is 12.1 Å². The number of ether oxygens (including phenoxy) is 2. The Hall–Kier alpha value is -1.49. The van der Waals surface area contributed by atoms with E-state index in [1.807, 2.05) is 0 Å². The summed E-state index contributed by atoms with van der Waals surface area (Å²) >= 11 is 16.8. The van der Waals surface area contributed by atoms with Gasteiger partial charge in [0.25, 0.3) is 0 Å². The first kappa shape index (κ1) is 14.9. The lowest BCUT2D eigenvalue weighted by atomic mass is 10.2. The van der Waals surface area contributed by atoms with Crippen molar-refractivity contribution < 1.29 is 9.47 Å². The van der Waals surface area contributed by atoms with Gasteiger partial charge in [0, 0.05) is 12.1 Å². The maximum absolute atomic E-state index is 5.95. The van der Waals surface area contributed by atoms with Gasteiger partial charge in [0.1, 0.15) is 22.2 Å². The van der Waals surface area contributed by atoms with Crippen molar-refractivity contribution in [3.05, 3.63) is 52.0 Å². The highest BCUT2D eigenvalue weighted by Gasteiger charge is 2.10. The van der Waals surface area contributed by atoms with Gasteiger partial charge in [0.05, 0.1) is 22.7 Å². The summed E-state index contributed by atoms with van der Waals surface area (Å²) in [4.78, 5) is 0.239. The lowest BCUT2D eigenvalue weighted by Gasteiger charge is -2.12. The Kier molecular flexibility index (Phi) is 4.70. The fraction of sp³-hybridized carbons (Fsp3) is 0.0714. The molecule has 2 aromatic rings. The number of rotatable bonds is 4. The van der Waals surface area contributed by atoms with Crippen molar-refractivity contribution in [1.29, 1.82) is 0 Å². The van der Waals surface area contributed by atoms with Crippen molar-refractivity contribution in [1.82, 2.24) is 0 Å². The van der Waals surface area contributed by atoms with E-state index in [0.717, 1.165) is 0 Å². The van der Waals surface area contributed by atoms with E-state index in [9.17, 15) is 0 Å². The van der Waals surface area contributed by atoms with Crippen molar-refractivity contribution in [2.45, 2.75) is 0 Å². The SMILES string of the molecule is COc1ccc(C(N)=S)c(Oc2ccc(Cl)c(Cl)c2)c1. The molecule has 0 spiro atoms. The van der Waals surface area contributed by atoms with Crippen molar-refractivity contribution in [3.63, 3.8) is 0 Å². The molecule has 0 heterocycles. The molecule has 0 saturated carbocycles. The zero-order valence-electron chi connectivity index (χ0n) is 10.5. The summed E-state index contributed by atoms with van der Waals surface area (Å²) in [6.45, 7) is 0. The normalized spacial score (nSPS) is 10.2. The van der Waals surface area contributed by atoms with Crippen molar-refractivity contribution in [3.8, 4) is 17.2 Å². The fourth-order valence-electron chi connectivity index (χ4n) is 1.58. The van der Waals surface area contributed by atoms with Gasteiger partial charge in [-0.15, -0.1) is 0 Å². The topological polar surface area (TPSA) is 44.5 Å². The molecular weight excluding hydrogens is 317 g/mol. The summed E-state index contributed by atoms with van der Waals surface area (Å²) in [6.07, 6.45) is 0. The molecule has 20 heavy (non-hydrogen) atoms. The van der Waals surface area contributed by atoms with Crippen LogP contribution in [0.1, 0.15) is 5.56 Å². The largest absolute Gasteiger partial charge is 0.497 e. The fourth-order valence-corrected chi connectivity index (χ4v) is 2.04. The number of halogens is 2. The van der Waals surface area contributed by atoms with E-state index < -0.39 is 0 Å². The van der Waals surface area contributed by atoms with E-state index in [0.29, 0.717) is 32.9 Å². The third kappa shape index (κ3) is 3.33. The summed E-state index contributed by atoms with van der Waals surface area (Å²) in [5.74, 6) is 1.67. The minimum absolute atomic E-state index is 0.239. The zero-order valence-corrected chi connectivity index (χ0v) is 12.9. The first-order valence-corrected chi connectivity index (χ1v) is 6.78. The molecule has 3 nitrogen and oxygen atoms in total. The highest BCUT2D eigenvalue weighted by Crippen LogP contribution is 2.32. The van der Waals surface area contributed by atoms with E-state index in [-0.39, 0.29) is 4.99 Å². The van der Waals surface area contributed by atoms with Crippen LogP contribution in [0.5, 0.6) is 17.2 Å². The van der Waals surface area contributed by atoms with Gasteiger partial charge in [-0.1, -0.05) is 35.4 Å². The monoisotopic (exact) mass is 327 g/mol. The zero-order chi connectivity index (χ0) is 14.7. The van der Waals surface area contributed by atoms with Crippen LogP contribution >= 0.6 is 35.4 Å². The molecule has 6 heteroatoms. The van der Waals surface area contributed by atoms with Crippen molar-refractivity contribution >= 4 is 40.4 Å². The summed E-state index contributed by atoms with van der Waals surface area (Å²) in [5.41, 5.74) is 6.29. The molecule has 0 fully saturated rings. The standard InChI is InChI=1S/C14H11Cl2NO2S/c1-18-8-2-4-10(14(17)20)13(7-8)19-9-3-5-11(15)12(16)6-9/h2-7H,1H3,(H2,17,20). The molecule has 0 atom stereocenters. The van der Waals surface area contributed by atoms with Gasteiger partial charge in [-0.25, -0.2) is 0 Å². The van der Waals surface area contributed by atoms with E-state index in [1.165, 1.54) is 0 Å². The Morgan fingerprint density at radius 2 is 1.75 bits per heavy atom. The molecule has 0 aliphatic heterocycles. The van der Waals surface area contributed by atoms with Crippen LogP contribution in [0.3, 0.4) is 0 Å². The molecule has 2 N–H and O–H groups in total. The minimum Gasteiger partial charge on any atom is -0.497 e. The highest BCUT2D eigenvalue weighted by atomic mass is 35.5. The molecule has 0 saturated heterocycles. The second kappa shape index (κ2) is 6.31. The van der Waals surface area contributed by atoms with Crippen LogP contribution in [0.15, 0.2) is 36.4 Å². The van der Waals surface area contributed by atoms with Gasteiger partial charge in [-0.3, -0.25) is 0 Å². The number of hydrogen-bond donors (Lipinski definition) is 1. The average Bonchev–Trinajstić information content (AvgIpc) is 2.42. The number of hydrogen-bond acceptors (Lipinski definition) is 3. The van der Waals surface area contributed by atoms with Crippen molar-refractivity contribution in [2.24, 2.45) is 5.73 Å². The molecule has 0 aromatic heterocycles. The summed E-state index contributed by atoms with van der Waals surface area (Å²) < 4.78 is 10.9. The Bertz CT molecular complexity index is 662. The number of benzene rings is 2. The molecule has 0 aliphatic rings. The molecular formula is C14H11Cl2NO2S. The van der Waals surface area contributed by atoms with Gasteiger partial charge in [0.15, 0.2) is 0 Å². The van der Waals surface area contributed by atoms with Crippen LogP contribution in [0.2, 0.25) is 10.0 Å². The molecule has 104 valence electrons. The van der Waals surface area contributed by atoms with Gasteiger partial charge in [-0.2, -0.15) is 0 Å². The predicted octanol–water partition coefficient (Wildman–Crippen LogP) is 4.43. The van der Waals surface area contributed by atoms with Crippen LogP contribution in [0, 0.1) is 0 Å². The third-order valence-corrected chi connectivity index (χ3v) is 3.53. The van der Waals surface area contributed by atoms with Gasteiger partial charge in [0.2, 0.25) is 0 Å². The number of thiocarbonyl (C=S) groups is 1. The van der Waals surface area contributed by atoms with Crippen LogP contribution in [0.25, 0.3) is 0 Å². The first-order valence-electron chi connectivity index (χ1n) is 5.62. The molecule has 2 rings (SSSR count). The van der Waals surface area contributed by atoms with Gasteiger partial charge < -0.3 is 15.2 Å². The number of methoxy groups -OCH3 is 1. The maximum Gasteiger partial charge on any atom is 0.141 e. The predicted molar refractivity (Wildman–Crippen MR) is 85.4 cm³/mol. The van der Waals surface area contributed by atoms with E-state index in [4.69, 9.17) is 50.6 Å². The quantitative estimate of drug-likeness (QED) is 0.844. The molecule has 0 amide bonds. The average molecular weight is 328 g/mol. The third-order valence-electron chi connectivity index (χ3n) is 2.57. The van der Waals surface area contributed by atoms with Crippen molar-refractivity contribution in [2.75, 3.05) is 7.11 Å². The van der Waals surface area contributed by atoms with Gasteiger partial charge in [-0.05, 0) is 24.3 Å². The smallest absolute Gasteiger partial charge is 0.141 e. The molecule has 0 radical (unpaired) electrons. The Morgan fingerprint density at radius 3 is 2.35 bits per heavy atom. The van der Waals surface area contributed by atoms with E-state index in [2.05, 4.69) is 0 Å². The van der Waals surface area contributed by atoms with Crippen LogP contribution in [0.4, 0.5) is 0 Å². The van der Waals surface area contributed by atoms with E-state index >= 15 is 0 Å². The first-order chi connectivity index (χ1) is 9.51. The summed E-state index contributed by atoms with van der Waals surface area (Å²) in [7, 11) is 1.57.